The Morgan fingerprint density at radius 3 is 0.808 bits per heavy atom. The van der Waals surface area contributed by atoms with Gasteiger partial charge in [-0.05, 0) is 131 Å². The minimum Gasteiger partial charge on any atom is -0.0616 e. The lowest BCUT2D eigenvalue weighted by atomic mass is 9.86. The van der Waals surface area contributed by atoms with Gasteiger partial charge in [0.05, 0.1) is 0 Å². The standard InChI is InChI=1S/C52H30/c1-3-13-41-37(9-1)39-11-5-7-15-43(39)49-29-33(21-25-45(41)49)35-23-17-31-20-28-48-36(24-18-32-19-27-47(35)51(31)52(32)48)34-22-26-46-42-14-4-2-10-38(42)40-12-6-8-16-44(40)50(46)30-34/h1-30H. The van der Waals surface area contributed by atoms with Crippen molar-refractivity contribution in [2.75, 3.05) is 0 Å². The minimum atomic E-state index is 1.25. The average Bonchev–Trinajstić information content (AvgIpc) is 3.22. The van der Waals surface area contributed by atoms with Crippen LogP contribution in [-0.2, 0) is 0 Å². The molecule has 0 N–H and O–H groups in total. The summed E-state index contributed by atoms with van der Waals surface area (Å²) in [4.78, 5) is 0. The molecule has 0 amide bonds. The van der Waals surface area contributed by atoms with Crippen LogP contribution in [0.3, 0.4) is 0 Å². The molecule has 0 spiro atoms. The normalized spacial score (nSPS) is 12.2. The topological polar surface area (TPSA) is 0 Å². The van der Waals surface area contributed by atoms with Crippen molar-refractivity contribution in [1.82, 2.24) is 0 Å². The van der Waals surface area contributed by atoms with Crippen molar-refractivity contribution in [3.8, 4) is 22.3 Å². The van der Waals surface area contributed by atoms with E-state index in [4.69, 9.17) is 0 Å². The van der Waals surface area contributed by atoms with E-state index in [1.165, 1.54) is 119 Å². The fourth-order valence-electron chi connectivity index (χ4n) is 9.45. The van der Waals surface area contributed by atoms with E-state index in [-0.39, 0.29) is 0 Å². The predicted octanol–water partition coefficient (Wildman–Crippen LogP) is 14.8. The molecule has 0 aromatic heterocycles. The zero-order valence-electron chi connectivity index (χ0n) is 28.3. The maximum Gasteiger partial charge on any atom is -0.00203 e. The Morgan fingerprint density at radius 2 is 0.462 bits per heavy atom. The van der Waals surface area contributed by atoms with Gasteiger partial charge in [-0.15, -0.1) is 0 Å². The van der Waals surface area contributed by atoms with Crippen molar-refractivity contribution in [3.05, 3.63) is 182 Å². The van der Waals surface area contributed by atoms with E-state index in [2.05, 4.69) is 182 Å². The van der Waals surface area contributed by atoms with Crippen LogP contribution in [0.2, 0.25) is 0 Å². The molecule has 0 aliphatic rings. The van der Waals surface area contributed by atoms with Gasteiger partial charge in [-0.25, -0.2) is 0 Å². The lowest BCUT2D eigenvalue weighted by Gasteiger charge is -2.18. The van der Waals surface area contributed by atoms with Crippen LogP contribution in [0.1, 0.15) is 0 Å². The molecule has 0 nitrogen and oxygen atoms in total. The molecule has 12 aromatic carbocycles. The van der Waals surface area contributed by atoms with E-state index in [9.17, 15) is 0 Å². The summed E-state index contributed by atoms with van der Waals surface area (Å²) in [6, 6.07) is 68.1. The summed E-state index contributed by atoms with van der Waals surface area (Å²) in [6.07, 6.45) is 0. The Hall–Kier alpha value is -6.76. The van der Waals surface area contributed by atoms with Crippen molar-refractivity contribution in [2.24, 2.45) is 0 Å². The summed E-state index contributed by atoms with van der Waals surface area (Å²) in [5.74, 6) is 0. The van der Waals surface area contributed by atoms with Gasteiger partial charge in [-0.3, -0.25) is 0 Å². The fraction of sp³-hybridized carbons (Fsp3) is 0. The van der Waals surface area contributed by atoms with Gasteiger partial charge in [-0.1, -0.05) is 170 Å². The highest BCUT2D eigenvalue weighted by Gasteiger charge is 2.17. The van der Waals surface area contributed by atoms with Gasteiger partial charge >= 0.3 is 0 Å². The van der Waals surface area contributed by atoms with E-state index >= 15 is 0 Å². The zero-order chi connectivity index (χ0) is 33.9. The molecule has 52 heavy (non-hydrogen) atoms. The Balaban J connectivity index is 1.10. The Morgan fingerprint density at radius 1 is 0.192 bits per heavy atom. The van der Waals surface area contributed by atoms with Crippen molar-refractivity contribution in [1.29, 1.82) is 0 Å². The van der Waals surface area contributed by atoms with Crippen molar-refractivity contribution in [2.45, 2.75) is 0 Å². The van der Waals surface area contributed by atoms with Gasteiger partial charge in [0.1, 0.15) is 0 Å². The van der Waals surface area contributed by atoms with Crippen LogP contribution in [0.15, 0.2) is 182 Å². The third-order valence-electron chi connectivity index (χ3n) is 11.8. The van der Waals surface area contributed by atoms with Gasteiger partial charge < -0.3 is 0 Å². The number of rotatable bonds is 2. The third-order valence-corrected chi connectivity index (χ3v) is 11.8. The lowest BCUT2D eigenvalue weighted by Crippen LogP contribution is -1.90. The Labute approximate surface area is 300 Å². The van der Waals surface area contributed by atoms with Crippen LogP contribution < -0.4 is 0 Å². The molecule has 0 heterocycles. The molecule has 0 unspecified atom stereocenters. The molecule has 0 saturated heterocycles. The smallest absolute Gasteiger partial charge is 0.00203 e. The molecule has 12 rings (SSSR count). The second kappa shape index (κ2) is 10.4. The van der Waals surface area contributed by atoms with Gasteiger partial charge in [0.2, 0.25) is 0 Å². The van der Waals surface area contributed by atoms with Gasteiger partial charge in [0.15, 0.2) is 0 Å². The Bertz CT molecular complexity index is 3150. The van der Waals surface area contributed by atoms with E-state index in [0.717, 1.165) is 0 Å². The highest BCUT2D eigenvalue weighted by atomic mass is 14.2. The van der Waals surface area contributed by atoms with Gasteiger partial charge in [0.25, 0.3) is 0 Å². The number of hydrogen-bond donors (Lipinski definition) is 0. The average molecular weight is 655 g/mol. The molecule has 238 valence electrons. The van der Waals surface area contributed by atoms with Crippen LogP contribution >= 0.6 is 0 Å². The van der Waals surface area contributed by atoms with E-state index in [1.54, 1.807) is 0 Å². The summed E-state index contributed by atoms with van der Waals surface area (Å²) in [7, 11) is 0. The first-order valence-corrected chi connectivity index (χ1v) is 18.2. The number of hydrogen-bond acceptors (Lipinski definition) is 0. The first-order chi connectivity index (χ1) is 25.8. The molecule has 12 aromatic rings. The predicted molar refractivity (Wildman–Crippen MR) is 226 cm³/mol. The maximum atomic E-state index is 2.42. The van der Waals surface area contributed by atoms with Crippen molar-refractivity contribution < 1.29 is 0 Å². The monoisotopic (exact) mass is 654 g/mol. The minimum absolute atomic E-state index is 1.25. The van der Waals surface area contributed by atoms with Crippen LogP contribution in [0, 0.1) is 0 Å². The second-order valence-electron chi connectivity index (χ2n) is 14.4. The number of benzene rings is 12. The van der Waals surface area contributed by atoms with E-state index < -0.39 is 0 Å². The summed E-state index contributed by atoms with van der Waals surface area (Å²) in [5.41, 5.74) is 5.05. The van der Waals surface area contributed by atoms with Crippen LogP contribution in [-0.4, -0.2) is 0 Å². The lowest BCUT2D eigenvalue weighted by molar-refractivity contribution is 1.70. The van der Waals surface area contributed by atoms with Crippen LogP contribution in [0.5, 0.6) is 0 Å². The molecular weight excluding hydrogens is 625 g/mol. The largest absolute Gasteiger partial charge is 0.0616 e. The van der Waals surface area contributed by atoms with E-state index in [0.29, 0.717) is 0 Å². The molecule has 0 atom stereocenters. The Kier molecular flexibility index (Phi) is 5.59. The first-order valence-electron chi connectivity index (χ1n) is 18.2. The molecule has 0 fully saturated rings. The number of fused-ring (bicyclic) bond motifs is 12. The van der Waals surface area contributed by atoms with E-state index in [1.807, 2.05) is 0 Å². The SMILES string of the molecule is c1ccc2c(c1)c1ccccc1c1cc(-c3ccc4ccc5c(-c6ccc7c8ccccc8c8ccccc8c7c6)ccc6ccc3c4c65)ccc21. The molecule has 0 bridgehead atoms. The quantitative estimate of drug-likeness (QED) is 0.163. The van der Waals surface area contributed by atoms with Crippen LogP contribution in [0.25, 0.3) is 119 Å². The van der Waals surface area contributed by atoms with Gasteiger partial charge in [0, 0.05) is 0 Å². The highest BCUT2D eigenvalue weighted by molar-refractivity contribution is 6.30. The molecule has 0 aliphatic heterocycles. The highest BCUT2D eigenvalue weighted by Crippen LogP contribution is 2.45. The first kappa shape index (κ1) is 28.0. The molecule has 0 saturated carbocycles. The third kappa shape index (κ3) is 3.76. The van der Waals surface area contributed by atoms with Crippen molar-refractivity contribution >= 4 is 97.0 Å². The van der Waals surface area contributed by atoms with Crippen molar-refractivity contribution in [3.63, 3.8) is 0 Å². The fourth-order valence-corrected chi connectivity index (χ4v) is 9.45. The summed E-state index contributed by atoms with van der Waals surface area (Å²) in [6.45, 7) is 0. The second-order valence-corrected chi connectivity index (χ2v) is 14.4. The summed E-state index contributed by atoms with van der Waals surface area (Å²) >= 11 is 0. The summed E-state index contributed by atoms with van der Waals surface area (Å²) in [5, 5.41) is 23.5. The maximum absolute atomic E-state index is 2.42. The summed E-state index contributed by atoms with van der Waals surface area (Å²) < 4.78 is 0. The van der Waals surface area contributed by atoms with Crippen LogP contribution in [0.4, 0.5) is 0 Å². The zero-order valence-corrected chi connectivity index (χ0v) is 28.3. The molecular formula is C52H30. The van der Waals surface area contributed by atoms with Gasteiger partial charge in [-0.2, -0.15) is 0 Å². The molecule has 0 aliphatic carbocycles. The molecule has 0 radical (unpaired) electrons. The molecule has 0 heteroatoms.